The van der Waals surface area contributed by atoms with Gasteiger partial charge in [-0.3, -0.25) is 4.79 Å². The van der Waals surface area contributed by atoms with Crippen LogP contribution in [0.25, 0.3) is 0 Å². The first kappa shape index (κ1) is 15.4. The Morgan fingerprint density at radius 2 is 2.13 bits per heavy atom. The van der Waals surface area contributed by atoms with Crippen LogP contribution < -0.4 is 14.8 Å². The second-order valence-electron chi connectivity index (χ2n) is 5.64. The maximum Gasteiger partial charge on any atom is 0.231 e. The lowest BCUT2D eigenvalue weighted by Crippen LogP contribution is -2.32. The summed E-state index contributed by atoms with van der Waals surface area (Å²) < 4.78 is 11.1. The fourth-order valence-electron chi connectivity index (χ4n) is 2.82. The van der Waals surface area contributed by atoms with E-state index in [0.29, 0.717) is 13.2 Å². The molecular weight excluding hydrogens is 290 g/mol. The second kappa shape index (κ2) is 6.73. The Balaban J connectivity index is 1.70. The highest BCUT2D eigenvalue weighted by Gasteiger charge is 2.30. The lowest BCUT2D eigenvalue weighted by Gasteiger charge is -2.18. The number of hydrogen-bond donors (Lipinski definition) is 1. The predicted octanol–water partition coefficient (Wildman–Crippen LogP) is 3.44. The van der Waals surface area contributed by atoms with Crippen LogP contribution in [0.15, 0.2) is 48.5 Å². The monoisotopic (exact) mass is 311 g/mol. The second-order valence-corrected chi connectivity index (χ2v) is 5.64. The van der Waals surface area contributed by atoms with Crippen LogP contribution in [0.1, 0.15) is 36.9 Å². The highest BCUT2D eigenvalue weighted by atomic mass is 16.5. The van der Waals surface area contributed by atoms with Gasteiger partial charge in [0.15, 0.2) is 0 Å². The van der Waals surface area contributed by atoms with Crippen molar-refractivity contribution < 1.29 is 14.3 Å². The number of fused-ring (bicyclic) bond motifs is 1. The van der Waals surface area contributed by atoms with Crippen LogP contribution in [0.4, 0.5) is 0 Å². The van der Waals surface area contributed by atoms with Crippen LogP contribution in [0, 0.1) is 0 Å². The molecule has 2 aromatic carbocycles. The molecule has 0 saturated carbocycles. The molecule has 23 heavy (non-hydrogen) atoms. The van der Waals surface area contributed by atoms with E-state index in [2.05, 4.69) is 5.32 Å². The minimum Gasteiger partial charge on any atom is -0.494 e. The minimum atomic E-state index is -0.247. The van der Waals surface area contributed by atoms with Crippen molar-refractivity contribution in [2.45, 2.75) is 25.8 Å². The fraction of sp³-hybridized carbons (Fsp3) is 0.316. The summed E-state index contributed by atoms with van der Waals surface area (Å²) in [6.07, 6.45) is 0. The molecule has 1 aliphatic rings. The van der Waals surface area contributed by atoms with Gasteiger partial charge in [0.25, 0.3) is 0 Å². The van der Waals surface area contributed by atoms with Crippen LogP contribution in [-0.4, -0.2) is 19.1 Å². The minimum absolute atomic E-state index is 0.00994. The Hall–Kier alpha value is -2.49. The van der Waals surface area contributed by atoms with Crippen molar-refractivity contribution in [2.75, 3.05) is 13.2 Å². The molecule has 0 radical (unpaired) electrons. The summed E-state index contributed by atoms with van der Waals surface area (Å²) >= 11 is 0. The third kappa shape index (κ3) is 3.31. The highest BCUT2D eigenvalue weighted by Crippen LogP contribution is 2.34. The van der Waals surface area contributed by atoms with Gasteiger partial charge < -0.3 is 14.8 Å². The van der Waals surface area contributed by atoms with E-state index in [-0.39, 0.29) is 17.9 Å². The zero-order chi connectivity index (χ0) is 16.2. The van der Waals surface area contributed by atoms with Gasteiger partial charge in [0.2, 0.25) is 5.91 Å². The average molecular weight is 311 g/mol. The van der Waals surface area contributed by atoms with Crippen molar-refractivity contribution in [3.05, 3.63) is 59.7 Å². The molecule has 0 spiro atoms. The van der Waals surface area contributed by atoms with Crippen molar-refractivity contribution in [1.29, 1.82) is 0 Å². The molecule has 120 valence electrons. The molecule has 1 N–H and O–H groups in total. The molecule has 0 saturated heterocycles. The van der Waals surface area contributed by atoms with Crippen molar-refractivity contribution in [3.63, 3.8) is 0 Å². The summed E-state index contributed by atoms with van der Waals surface area (Å²) in [7, 11) is 0. The SMILES string of the molecule is CCOc1cccc(C(C)NC(=O)C2COc3ccccc32)c1. The smallest absolute Gasteiger partial charge is 0.231 e. The first-order chi connectivity index (χ1) is 11.2. The molecule has 0 aliphatic carbocycles. The molecule has 2 atom stereocenters. The summed E-state index contributed by atoms with van der Waals surface area (Å²) in [4.78, 5) is 12.6. The summed E-state index contributed by atoms with van der Waals surface area (Å²) in [5.41, 5.74) is 1.98. The van der Waals surface area contributed by atoms with Gasteiger partial charge >= 0.3 is 0 Å². The van der Waals surface area contributed by atoms with Gasteiger partial charge in [-0.15, -0.1) is 0 Å². The molecule has 4 nitrogen and oxygen atoms in total. The van der Waals surface area contributed by atoms with Gasteiger partial charge in [-0.05, 0) is 37.6 Å². The van der Waals surface area contributed by atoms with Crippen LogP contribution in [0.5, 0.6) is 11.5 Å². The molecule has 4 heteroatoms. The van der Waals surface area contributed by atoms with Gasteiger partial charge in [0.1, 0.15) is 24.0 Å². The Morgan fingerprint density at radius 1 is 1.30 bits per heavy atom. The van der Waals surface area contributed by atoms with E-state index >= 15 is 0 Å². The zero-order valence-corrected chi connectivity index (χ0v) is 13.4. The van der Waals surface area contributed by atoms with E-state index < -0.39 is 0 Å². The third-order valence-corrected chi connectivity index (χ3v) is 4.04. The summed E-state index contributed by atoms with van der Waals surface area (Å²) in [6.45, 7) is 4.96. The molecule has 1 heterocycles. The summed E-state index contributed by atoms with van der Waals surface area (Å²) in [5, 5.41) is 3.07. The average Bonchev–Trinajstić information content (AvgIpc) is 2.99. The molecular formula is C19H21NO3. The lowest BCUT2D eigenvalue weighted by atomic mass is 9.99. The van der Waals surface area contributed by atoms with E-state index in [4.69, 9.17) is 9.47 Å². The van der Waals surface area contributed by atoms with Crippen LogP contribution in [0.3, 0.4) is 0 Å². The largest absolute Gasteiger partial charge is 0.494 e. The van der Waals surface area contributed by atoms with Crippen LogP contribution >= 0.6 is 0 Å². The number of hydrogen-bond acceptors (Lipinski definition) is 3. The normalized spacial score (nSPS) is 17.0. The number of rotatable bonds is 5. The van der Waals surface area contributed by atoms with Gasteiger partial charge in [-0.1, -0.05) is 30.3 Å². The zero-order valence-electron chi connectivity index (χ0n) is 13.4. The number of benzene rings is 2. The molecule has 2 aromatic rings. The topological polar surface area (TPSA) is 47.6 Å². The maximum atomic E-state index is 12.6. The van der Waals surface area contributed by atoms with Crippen molar-refractivity contribution in [3.8, 4) is 11.5 Å². The number of amides is 1. The van der Waals surface area contributed by atoms with Gasteiger partial charge in [0.05, 0.1) is 12.6 Å². The van der Waals surface area contributed by atoms with E-state index in [1.54, 1.807) is 0 Å². The van der Waals surface area contributed by atoms with Gasteiger partial charge in [-0.25, -0.2) is 0 Å². The maximum absolute atomic E-state index is 12.6. The molecule has 0 bridgehead atoms. The van der Waals surface area contributed by atoms with E-state index in [1.165, 1.54) is 0 Å². The predicted molar refractivity (Wildman–Crippen MR) is 88.8 cm³/mol. The Kier molecular flexibility index (Phi) is 4.51. The third-order valence-electron chi connectivity index (χ3n) is 4.04. The van der Waals surface area contributed by atoms with Gasteiger partial charge in [0, 0.05) is 5.56 Å². The molecule has 1 aliphatic heterocycles. The number of ether oxygens (including phenoxy) is 2. The quantitative estimate of drug-likeness (QED) is 0.920. The molecule has 2 unspecified atom stereocenters. The number of carbonyl (C=O) groups is 1. The van der Waals surface area contributed by atoms with Crippen LogP contribution in [-0.2, 0) is 4.79 Å². The molecule has 0 fully saturated rings. The van der Waals surface area contributed by atoms with Crippen molar-refractivity contribution in [2.24, 2.45) is 0 Å². The standard InChI is InChI=1S/C19H21NO3/c1-3-22-15-8-6-7-14(11-15)13(2)20-19(21)17-12-23-18-10-5-4-9-16(17)18/h4-11,13,17H,3,12H2,1-2H3,(H,20,21). The first-order valence-electron chi connectivity index (χ1n) is 7.94. The van der Waals surface area contributed by atoms with E-state index in [9.17, 15) is 4.79 Å². The van der Waals surface area contributed by atoms with E-state index in [1.807, 2.05) is 62.4 Å². The van der Waals surface area contributed by atoms with E-state index in [0.717, 1.165) is 22.6 Å². The van der Waals surface area contributed by atoms with Crippen molar-refractivity contribution in [1.82, 2.24) is 5.32 Å². The summed E-state index contributed by atoms with van der Waals surface area (Å²) in [6, 6.07) is 15.4. The summed E-state index contributed by atoms with van der Waals surface area (Å²) in [5.74, 6) is 1.37. The first-order valence-corrected chi connectivity index (χ1v) is 7.94. The Labute approximate surface area is 136 Å². The number of nitrogens with one attached hydrogen (secondary N) is 1. The Bertz CT molecular complexity index is 699. The Morgan fingerprint density at radius 3 is 2.96 bits per heavy atom. The van der Waals surface area contributed by atoms with Crippen LogP contribution in [0.2, 0.25) is 0 Å². The number of para-hydroxylation sites is 1. The lowest BCUT2D eigenvalue weighted by molar-refractivity contribution is -0.123. The fourth-order valence-corrected chi connectivity index (χ4v) is 2.82. The molecule has 3 rings (SSSR count). The van der Waals surface area contributed by atoms with Crippen molar-refractivity contribution >= 4 is 5.91 Å². The number of carbonyl (C=O) groups excluding carboxylic acids is 1. The molecule has 0 aromatic heterocycles. The molecule has 1 amide bonds. The van der Waals surface area contributed by atoms with Gasteiger partial charge in [-0.2, -0.15) is 0 Å². The highest BCUT2D eigenvalue weighted by molar-refractivity contribution is 5.85.